The van der Waals surface area contributed by atoms with Crippen molar-refractivity contribution in [3.05, 3.63) is 36.2 Å². The first kappa shape index (κ1) is 15.4. The Morgan fingerprint density at radius 3 is 2.75 bits per heavy atom. The summed E-state index contributed by atoms with van der Waals surface area (Å²) in [6.45, 7) is 2.82. The lowest BCUT2D eigenvalue weighted by molar-refractivity contribution is -0.120. The fraction of sp³-hybridized carbons (Fsp3) is 0.588. The number of aromatic nitrogens is 4. The highest BCUT2D eigenvalue weighted by Gasteiger charge is 2.49. The minimum absolute atomic E-state index is 0.113. The minimum Gasteiger partial charge on any atom is -0.350 e. The van der Waals surface area contributed by atoms with Crippen LogP contribution in [0.3, 0.4) is 0 Å². The predicted molar refractivity (Wildman–Crippen MR) is 89.2 cm³/mol. The summed E-state index contributed by atoms with van der Waals surface area (Å²) in [5.41, 5.74) is 1.06. The Morgan fingerprint density at radius 1 is 1.33 bits per heavy atom. The van der Waals surface area contributed by atoms with Crippen LogP contribution in [0.4, 0.5) is 0 Å². The van der Waals surface area contributed by atoms with Gasteiger partial charge in [0.05, 0.1) is 12.7 Å². The van der Waals surface area contributed by atoms with Crippen molar-refractivity contribution in [2.24, 2.45) is 14.1 Å². The molecule has 1 amide bonds. The molecule has 1 N–H and O–H groups in total. The van der Waals surface area contributed by atoms with E-state index in [-0.39, 0.29) is 17.4 Å². The highest BCUT2D eigenvalue weighted by atomic mass is 16.2. The monoisotopic (exact) mass is 328 g/mol. The number of nitrogens with one attached hydrogen (secondary N) is 1. The van der Waals surface area contributed by atoms with Crippen LogP contribution in [0.15, 0.2) is 24.8 Å². The molecule has 4 rings (SSSR count). The van der Waals surface area contributed by atoms with Crippen molar-refractivity contribution in [2.75, 3.05) is 13.1 Å². The predicted octanol–water partition coefficient (Wildman–Crippen LogP) is 0.792. The fourth-order valence-electron chi connectivity index (χ4n) is 4.19. The maximum atomic E-state index is 12.1. The van der Waals surface area contributed by atoms with E-state index in [9.17, 15) is 4.79 Å². The van der Waals surface area contributed by atoms with Gasteiger partial charge in [0.1, 0.15) is 5.82 Å². The van der Waals surface area contributed by atoms with Crippen molar-refractivity contribution in [1.82, 2.24) is 29.5 Å². The Kier molecular flexibility index (Phi) is 3.68. The van der Waals surface area contributed by atoms with Gasteiger partial charge in [0.2, 0.25) is 5.91 Å². The van der Waals surface area contributed by atoms with Crippen molar-refractivity contribution < 1.29 is 4.79 Å². The van der Waals surface area contributed by atoms with E-state index in [1.807, 2.05) is 43.6 Å². The molecule has 2 aliphatic rings. The number of aryl methyl sites for hydroxylation is 2. The third-order valence-corrected chi connectivity index (χ3v) is 5.61. The van der Waals surface area contributed by atoms with Gasteiger partial charge in [-0.3, -0.25) is 14.4 Å². The number of imidazole rings is 1. The van der Waals surface area contributed by atoms with Crippen LogP contribution in [-0.4, -0.2) is 48.8 Å². The molecule has 24 heavy (non-hydrogen) atoms. The highest BCUT2D eigenvalue weighted by Crippen LogP contribution is 2.43. The molecule has 7 nitrogen and oxygen atoms in total. The summed E-state index contributed by atoms with van der Waals surface area (Å²) in [7, 11) is 3.96. The third-order valence-electron chi connectivity index (χ3n) is 5.61. The molecular formula is C17H24N6O. The molecule has 2 fully saturated rings. The van der Waals surface area contributed by atoms with E-state index in [0.29, 0.717) is 6.42 Å². The zero-order chi connectivity index (χ0) is 16.7. The quantitative estimate of drug-likeness (QED) is 0.905. The van der Waals surface area contributed by atoms with Crippen LogP contribution >= 0.6 is 0 Å². The van der Waals surface area contributed by atoms with Crippen LogP contribution in [0.25, 0.3) is 0 Å². The maximum Gasteiger partial charge on any atom is 0.221 e. The number of carbonyl (C=O) groups is 1. The number of amides is 1. The maximum absolute atomic E-state index is 12.1. The largest absolute Gasteiger partial charge is 0.350 e. The molecule has 2 saturated heterocycles. The molecule has 7 heteroatoms. The van der Waals surface area contributed by atoms with Crippen LogP contribution in [0.2, 0.25) is 0 Å². The molecule has 1 atom stereocenters. The Hall–Kier alpha value is -2.15. The number of hydrogen-bond donors (Lipinski definition) is 1. The van der Waals surface area contributed by atoms with Gasteiger partial charge < -0.3 is 9.88 Å². The van der Waals surface area contributed by atoms with E-state index in [1.54, 1.807) is 0 Å². The summed E-state index contributed by atoms with van der Waals surface area (Å²) >= 11 is 0. The Bertz CT molecular complexity index is 740. The first-order chi connectivity index (χ1) is 11.6. The lowest BCUT2D eigenvalue weighted by atomic mass is 9.75. The Morgan fingerprint density at radius 2 is 2.12 bits per heavy atom. The molecule has 2 aromatic heterocycles. The van der Waals surface area contributed by atoms with Crippen LogP contribution in [0.1, 0.15) is 36.6 Å². The van der Waals surface area contributed by atoms with Gasteiger partial charge in [0.15, 0.2) is 0 Å². The van der Waals surface area contributed by atoms with Gasteiger partial charge >= 0.3 is 0 Å². The summed E-state index contributed by atoms with van der Waals surface area (Å²) in [5.74, 6) is 1.49. The second-order valence-electron chi connectivity index (χ2n) is 7.14. The fourth-order valence-corrected chi connectivity index (χ4v) is 4.19. The standard InChI is InChI=1S/C17H24N6O/c1-21-8-5-18-15(21)12-23-6-3-17(4-7-23)14(9-16(24)20-17)13-10-19-22(2)11-13/h5,8,10-11,14H,3-4,6-7,9,12H2,1-2H3,(H,20,24). The number of piperidine rings is 1. The zero-order valence-electron chi connectivity index (χ0n) is 14.3. The lowest BCUT2D eigenvalue weighted by Crippen LogP contribution is -2.53. The average molecular weight is 328 g/mol. The SMILES string of the molecule is Cn1cc(C2CC(=O)NC23CCN(Cc2nccn2C)CC3)cn1. The van der Waals surface area contributed by atoms with Gasteiger partial charge in [-0.15, -0.1) is 0 Å². The topological polar surface area (TPSA) is 68.0 Å². The van der Waals surface area contributed by atoms with E-state index in [1.165, 1.54) is 5.56 Å². The van der Waals surface area contributed by atoms with Crippen molar-refractivity contribution in [3.63, 3.8) is 0 Å². The number of likely N-dealkylation sites (tertiary alicyclic amines) is 1. The molecule has 0 saturated carbocycles. The van der Waals surface area contributed by atoms with Gasteiger partial charge in [-0.2, -0.15) is 5.10 Å². The van der Waals surface area contributed by atoms with Gasteiger partial charge in [0.25, 0.3) is 0 Å². The summed E-state index contributed by atoms with van der Waals surface area (Å²) in [4.78, 5) is 19.0. The van der Waals surface area contributed by atoms with Crippen molar-refractivity contribution >= 4 is 5.91 Å². The van der Waals surface area contributed by atoms with Crippen LogP contribution in [0.5, 0.6) is 0 Å². The van der Waals surface area contributed by atoms with Crippen molar-refractivity contribution in [2.45, 2.75) is 37.3 Å². The molecule has 0 aromatic carbocycles. The zero-order valence-corrected chi connectivity index (χ0v) is 14.3. The van der Waals surface area contributed by atoms with Gasteiger partial charge in [0, 0.05) is 63.7 Å². The molecule has 0 aliphatic carbocycles. The Balaban J connectivity index is 1.48. The molecule has 1 spiro atoms. The summed E-state index contributed by atoms with van der Waals surface area (Å²) in [5, 5.41) is 7.59. The van der Waals surface area contributed by atoms with E-state index in [4.69, 9.17) is 0 Å². The minimum atomic E-state index is -0.113. The summed E-state index contributed by atoms with van der Waals surface area (Å²) < 4.78 is 3.89. The second-order valence-corrected chi connectivity index (χ2v) is 7.14. The van der Waals surface area contributed by atoms with E-state index in [0.717, 1.165) is 38.3 Å². The van der Waals surface area contributed by atoms with Crippen molar-refractivity contribution in [3.8, 4) is 0 Å². The smallest absolute Gasteiger partial charge is 0.221 e. The van der Waals surface area contributed by atoms with Crippen LogP contribution in [0, 0.1) is 0 Å². The molecular weight excluding hydrogens is 304 g/mol. The van der Waals surface area contributed by atoms with E-state index < -0.39 is 0 Å². The number of nitrogens with zero attached hydrogens (tertiary/aromatic N) is 5. The Labute approximate surface area is 141 Å². The van der Waals surface area contributed by atoms with E-state index in [2.05, 4.69) is 24.9 Å². The van der Waals surface area contributed by atoms with Crippen LogP contribution < -0.4 is 5.32 Å². The van der Waals surface area contributed by atoms with Gasteiger partial charge in [-0.1, -0.05) is 0 Å². The van der Waals surface area contributed by atoms with E-state index >= 15 is 0 Å². The normalized spacial score (nSPS) is 23.8. The van der Waals surface area contributed by atoms with Crippen molar-refractivity contribution in [1.29, 1.82) is 0 Å². The third kappa shape index (κ3) is 2.62. The first-order valence-electron chi connectivity index (χ1n) is 8.54. The molecule has 2 aliphatic heterocycles. The molecule has 0 radical (unpaired) electrons. The lowest BCUT2D eigenvalue weighted by Gasteiger charge is -2.42. The second kappa shape index (κ2) is 5.73. The number of carbonyl (C=O) groups excluding carboxylic acids is 1. The molecule has 0 bridgehead atoms. The van der Waals surface area contributed by atoms with Gasteiger partial charge in [-0.25, -0.2) is 4.98 Å². The average Bonchev–Trinajstić information content (AvgIpc) is 3.23. The molecule has 1 unspecified atom stereocenters. The van der Waals surface area contributed by atoms with Gasteiger partial charge in [-0.05, 0) is 18.4 Å². The number of rotatable bonds is 3. The molecule has 128 valence electrons. The highest BCUT2D eigenvalue weighted by molar-refractivity contribution is 5.81. The molecule has 4 heterocycles. The summed E-state index contributed by atoms with van der Waals surface area (Å²) in [6.07, 6.45) is 10.3. The first-order valence-corrected chi connectivity index (χ1v) is 8.54. The summed E-state index contributed by atoms with van der Waals surface area (Å²) in [6, 6.07) is 0. The molecule has 2 aromatic rings. The number of hydrogen-bond acceptors (Lipinski definition) is 4. The van der Waals surface area contributed by atoms with Crippen LogP contribution in [-0.2, 0) is 25.4 Å².